The smallest absolute Gasteiger partial charge is 0.255 e. The molecule has 2 aromatic rings. The minimum Gasteiger partial charge on any atom is -0.345 e. The Morgan fingerprint density at radius 1 is 1.46 bits per heavy atom. The van der Waals surface area contributed by atoms with Crippen LogP contribution in [0.1, 0.15) is 35.8 Å². The van der Waals surface area contributed by atoms with Gasteiger partial charge >= 0.3 is 0 Å². The second-order valence-corrected chi connectivity index (χ2v) is 6.76. The van der Waals surface area contributed by atoms with Crippen molar-refractivity contribution in [3.8, 4) is 5.69 Å². The fraction of sp³-hybridized carbons (Fsp3) is 0.412. The molecule has 0 spiro atoms. The monoisotopic (exact) mass is 368 g/mol. The molecular formula is C17H22Cl2N4O. The largest absolute Gasteiger partial charge is 0.345 e. The Balaban J connectivity index is 0.00000208. The van der Waals surface area contributed by atoms with Crippen molar-refractivity contribution in [3.63, 3.8) is 0 Å². The summed E-state index contributed by atoms with van der Waals surface area (Å²) in [6.45, 7) is 4.31. The van der Waals surface area contributed by atoms with E-state index in [9.17, 15) is 4.79 Å². The molecule has 0 saturated heterocycles. The van der Waals surface area contributed by atoms with Crippen molar-refractivity contribution >= 4 is 29.9 Å². The van der Waals surface area contributed by atoms with Crippen LogP contribution in [0.4, 0.5) is 0 Å². The molecule has 0 bridgehead atoms. The molecule has 3 N–H and O–H groups in total. The minimum absolute atomic E-state index is 0. The van der Waals surface area contributed by atoms with E-state index in [0.717, 1.165) is 24.2 Å². The number of nitrogens with two attached hydrogens (primary N) is 1. The van der Waals surface area contributed by atoms with E-state index in [2.05, 4.69) is 10.4 Å². The fourth-order valence-electron chi connectivity index (χ4n) is 2.87. The lowest BCUT2D eigenvalue weighted by Gasteiger charge is -2.29. The number of hydrogen-bond acceptors (Lipinski definition) is 3. The Kier molecular flexibility index (Phi) is 5.58. The summed E-state index contributed by atoms with van der Waals surface area (Å²) in [5, 5.41) is 8.01. The van der Waals surface area contributed by atoms with E-state index in [1.54, 1.807) is 16.9 Å². The van der Waals surface area contributed by atoms with E-state index in [1.807, 2.05) is 32.0 Å². The Morgan fingerprint density at radius 3 is 2.71 bits per heavy atom. The summed E-state index contributed by atoms with van der Waals surface area (Å²) in [6, 6.07) is 7.43. The second-order valence-electron chi connectivity index (χ2n) is 6.36. The van der Waals surface area contributed by atoms with Gasteiger partial charge in [0, 0.05) is 6.54 Å². The van der Waals surface area contributed by atoms with E-state index in [4.69, 9.17) is 17.3 Å². The van der Waals surface area contributed by atoms with Crippen LogP contribution in [0.2, 0.25) is 5.02 Å². The van der Waals surface area contributed by atoms with Crippen LogP contribution in [-0.2, 0) is 0 Å². The number of benzene rings is 1. The standard InChI is InChI=1S/C17H21ClN4O.ClH/c1-11-13(16(23)21-17(2,10-19)12-7-8-12)9-20-22(11)15-6-4-3-5-14(15)18;/h3-6,9,12H,7-8,10,19H2,1-2H3,(H,21,23);1H. The van der Waals surface area contributed by atoms with Crippen molar-refractivity contribution in [2.24, 2.45) is 11.7 Å². The highest BCUT2D eigenvalue weighted by molar-refractivity contribution is 6.32. The summed E-state index contributed by atoms with van der Waals surface area (Å²) in [5.74, 6) is 0.330. The number of amides is 1. The number of hydrogen-bond donors (Lipinski definition) is 2. The Labute approximate surface area is 153 Å². The third-order valence-electron chi connectivity index (χ3n) is 4.64. The van der Waals surface area contributed by atoms with Gasteiger partial charge in [0.1, 0.15) is 0 Å². The van der Waals surface area contributed by atoms with Gasteiger partial charge in [-0.15, -0.1) is 12.4 Å². The van der Waals surface area contributed by atoms with Crippen molar-refractivity contribution < 1.29 is 4.79 Å². The van der Waals surface area contributed by atoms with Crippen LogP contribution < -0.4 is 11.1 Å². The molecule has 3 rings (SSSR count). The summed E-state index contributed by atoms with van der Waals surface area (Å²) < 4.78 is 1.69. The topological polar surface area (TPSA) is 72.9 Å². The summed E-state index contributed by atoms with van der Waals surface area (Å²) in [5.41, 5.74) is 7.58. The molecule has 1 aromatic heterocycles. The molecule has 1 saturated carbocycles. The normalized spacial score (nSPS) is 16.2. The summed E-state index contributed by atoms with van der Waals surface area (Å²) in [7, 11) is 0. The Hall–Kier alpha value is -1.56. The van der Waals surface area contributed by atoms with Gasteiger partial charge in [-0.25, -0.2) is 4.68 Å². The molecule has 24 heavy (non-hydrogen) atoms. The van der Waals surface area contributed by atoms with Gasteiger partial charge < -0.3 is 11.1 Å². The zero-order valence-electron chi connectivity index (χ0n) is 13.8. The lowest BCUT2D eigenvalue weighted by Crippen LogP contribution is -2.53. The zero-order valence-corrected chi connectivity index (χ0v) is 15.3. The molecule has 0 aliphatic heterocycles. The van der Waals surface area contributed by atoms with Crippen molar-refractivity contribution in [1.29, 1.82) is 0 Å². The summed E-state index contributed by atoms with van der Waals surface area (Å²) in [4.78, 5) is 12.6. The first kappa shape index (κ1) is 18.8. The van der Waals surface area contributed by atoms with Crippen LogP contribution in [0.3, 0.4) is 0 Å². The van der Waals surface area contributed by atoms with Gasteiger partial charge in [-0.05, 0) is 44.7 Å². The van der Waals surface area contributed by atoms with Crippen LogP contribution >= 0.6 is 24.0 Å². The molecule has 1 fully saturated rings. The van der Waals surface area contributed by atoms with E-state index < -0.39 is 0 Å². The molecule has 1 unspecified atom stereocenters. The molecular weight excluding hydrogens is 347 g/mol. The van der Waals surface area contributed by atoms with E-state index in [1.165, 1.54) is 0 Å². The van der Waals surface area contributed by atoms with Crippen molar-refractivity contribution in [2.75, 3.05) is 6.54 Å². The van der Waals surface area contributed by atoms with Crippen LogP contribution in [0.5, 0.6) is 0 Å². The summed E-state index contributed by atoms with van der Waals surface area (Å²) in [6.07, 6.45) is 3.82. The molecule has 1 aromatic carbocycles. The van der Waals surface area contributed by atoms with Crippen LogP contribution in [-0.4, -0.2) is 27.8 Å². The maximum atomic E-state index is 12.6. The molecule has 5 nitrogen and oxygen atoms in total. The molecule has 1 heterocycles. The molecule has 7 heteroatoms. The molecule has 1 aliphatic rings. The number of aromatic nitrogens is 2. The average Bonchev–Trinajstić information content (AvgIpc) is 3.32. The zero-order chi connectivity index (χ0) is 16.6. The number of carbonyl (C=O) groups is 1. The van der Waals surface area contributed by atoms with Gasteiger partial charge in [0.2, 0.25) is 0 Å². The molecule has 1 aliphatic carbocycles. The molecule has 0 radical (unpaired) electrons. The quantitative estimate of drug-likeness (QED) is 0.851. The third-order valence-corrected chi connectivity index (χ3v) is 4.96. The number of para-hydroxylation sites is 1. The predicted molar refractivity (Wildman–Crippen MR) is 98.2 cm³/mol. The fourth-order valence-corrected chi connectivity index (χ4v) is 3.08. The van der Waals surface area contributed by atoms with Gasteiger partial charge in [0.15, 0.2) is 0 Å². The maximum Gasteiger partial charge on any atom is 0.255 e. The highest BCUT2D eigenvalue weighted by atomic mass is 35.5. The minimum atomic E-state index is -0.351. The van der Waals surface area contributed by atoms with Crippen LogP contribution in [0, 0.1) is 12.8 Å². The summed E-state index contributed by atoms with van der Waals surface area (Å²) >= 11 is 6.22. The first-order valence-electron chi connectivity index (χ1n) is 7.78. The van der Waals surface area contributed by atoms with Gasteiger partial charge in [-0.1, -0.05) is 23.7 Å². The Morgan fingerprint density at radius 2 is 2.12 bits per heavy atom. The SMILES string of the molecule is Cc1c(C(=O)NC(C)(CN)C2CC2)cnn1-c1ccccc1Cl.Cl. The number of rotatable bonds is 5. The van der Waals surface area contributed by atoms with E-state index in [-0.39, 0.29) is 23.9 Å². The number of nitrogens with one attached hydrogen (secondary N) is 1. The maximum absolute atomic E-state index is 12.6. The molecule has 130 valence electrons. The van der Waals surface area contributed by atoms with Crippen LogP contribution in [0.25, 0.3) is 5.69 Å². The lowest BCUT2D eigenvalue weighted by molar-refractivity contribution is 0.0897. The third kappa shape index (κ3) is 3.43. The van der Waals surface area contributed by atoms with E-state index in [0.29, 0.717) is 23.0 Å². The molecule has 1 amide bonds. The predicted octanol–water partition coefficient (Wildman–Crippen LogP) is 3.11. The van der Waals surface area contributed by atoms with Crippen LogP contribution in [0.15, 0.2) is 30.5 Å². The van der Waals surface area contributed by atoms with Gasteiger partial charge in [-0.3, -0.25) is 4.79 Å². The highest BCUT2D eigenvalue weighted by Gasteiger charge is 2.42. The van der Waals surface area contributed by atoms with Gasteiger partial charge in [0.25, 0.3) is 5.91 Å². The lowest BCUT2D eigenvalue weighted by atomic mass is 9.95. The Bertz CT molecular complexity index is 742. The first-order valence-corrected chi connectivity index (χ1v) is 8.16. The highest BCUT2D eigenvalue weighted by Crippen LogP contribution is 2.39. The first-order chi connectivity index (χ1) is 11.0. The van der Waals surface area contributed by atoms with Crippen molar-refractivity contribution in [2.45, 2.75) is 32.2 Å². The number of nitrogens with zero attached hydrogens (tertiary/aromatic N) is 2. The molecule has 1 atom stereocenters. The van der Waals surface area contributed by atoms with Gasteiger partial charge in [-0.2, -0.15) is 5.10 Å². The van der Waals surface area contributed by atoms with Gasteiger partial charge in [0.05, 0.1) is 33.7 Å². The number of carbonyl (C=O) groups excluding carboxylic acids is 1. The average molecular weight is 369 g/mol. The van der Waals surface area contributed by atoms with E-state index >= 15 is 0 Å². The van der Waals surface area contributed by atoms with Crippen molar-refractivity contribution in [3.05, 3.63) is 46.7 Å². The van der Waals surface area contributed by atoms with Crippen molar-refractivity contribution in [1.82, 2.24) is 15.1 Å². The second kappa shape index (κ2) is 7.13. The number of halogens is 2.